The second kappa shape index (κ2) is 8.04. The Morgan fingerprint density at radius 2 is 2.33 bits per heavy atom. The van der Waals surface area contributed by atoms with Gasteiger partial charge in [0, 0.05) is 0 Å². The fourth-order valence-corrected chi connectivity index (χ4v) is 0.863. The molecule has 0 fully saturated rings. The maximum Gasteiger partial charge on any atom is 1.00 e. The van der Waals surface area contributed by atoms with Crippen LogP contribution in [0.25, 0.3) is 0 Å². The van der Waals surface area contributed by atoms with Crippen LogP contribution < -0.4 is 45.6 Å². The van der Waals surface area contributed by atoms with E-state index in [0.717, 1.165) is 0 Å². The quantitative estimate of drug-likeness (QED) is 0.167. The van der Waals surface area contributed by atoms with Gasteiger partial charge in [0.05, 0.1) is 5.71 Å². The van der Waals surface area contributed by atoms with Crippen molar-refractivity contribution in [2.45, 2.75) is 6.92 Å². The summed E-state index contributed by atoms with van der Waals surface area (Å²) in [4.78, 5) is 10.1. The standard InChI is InChI=1S/C4H8N3O2PS.Na/c1-3(2-10(8)9)6-7-4(5)11;/h2H2,1H3,(H3,5,7,11);/q;+1. The van der Waals surface area contributed by atoms with Crippen molar-refractivity contribution in [3.8, 4) is 0 Å². The summed E-state index contributed by atoms with van der Waals surface area (Å²) in [6.45, 7) is 1.57. The van der Waals surface area contributed by atoms with Crippen molar-refractivity contribution in [2.75, 3.05) is 6.16 Å². The third kappa shape index (κ3) is 10.4. The van der Waals surface area contributed by atoms with Crippen LogP contribution in [0.15, 0.2) is 5.10 Å². The SMILES string of the molecule is CC(C[P+](=O)[O-])=NNC(N)=S.[Na+]. The van der Waals surface area contributed by atoms with Crippen LogP contribution in [0, 0.1) is 0 Å². The van der Waals surface area contributed by atoms with Gasteiger partial charge in [-0.25, -0.2) is 0 Å². The molecule has 0 aliphatic carbocycles. The Hall–Kier alpha value is 0.420. The van der Waals surface area contributed by atoms with E-state index in [2.05, 4.69) is 22.7 Å². The molecule has 62 valence electrons. The molecule has 0 aromatic heterocycles. The minimum atomic E-state index is -2.43. The Kier molecular flexibility index (Phi) is 9.99. The fourth-order valence-electron chi connectivity index (χ4n) is 0.373. The van der Waals surface area contributed by atoms with E-state index in [9.17, 15) is 9.46 Å². The maximum absolute atomic E-state index is 10.1. The molecule has 0 bridgehead atoms. The Morgan fingerprint density at radius 3 is 2.67 bits per heavy atom. The Bertz CT molecular complexity index is 210. The molecule has 0 aromatic carbocycles. The molecule has 12 heavy (non-hydrogen) atoms. The normalized spacial score (nSPS) is 11.5. The van der Waals surface area contributed by atoms with E-state index < -0.39 is 8.03 Å². The summed E-state index contributed by atoms with van der Waals surface area (Å²) in [6.07, 6.45) is -0.0784. The first-order chi connectivity index (χ1) is 5.02. The van der Waals surface area contributed by atoms with Crippen LogP contribution >= 0.6 is 20.2 Å². The fraction of sp³-hybridized carbons (Fsp3) is 0.500. The predicted octanol–water partition coefficient (Wildman–Crippen LogP) is -3.70. The van der Waals surface area contributed by atoms with Gasteiger partial charge in [0.25, 0.3) is 0 Å². The first-order valence-electron chi connectivity index (χ1n) is 2.72. The van der Waals surface area contributed by atoms with Crippen molar-refractivity contribution in [1.82, 2.24) is 5.43 Å². The van der Waals surface area contributed by atoms with Crippen molar-refractivity contribution in [1.29, 1.82) is 0 Å². The molecule has 0 saturated heterocycles. The molecule has 0 heterocycles. The number of hydrogen-bond donors (Lipinski definition) is 2. The van der Waals surface area contributed by atoms with Crippen LogP contribution in [0.1, 0.15) is 6.92 Å². The molecule has 8 heteroatoms. The zero-order valence-electron chi connectivity index (χ0n) is 6.90. The summed E-state index contributed by atoms with van der Waals surface area (Å²) in [5.74, 6) is 0. The average molecular weight is 216 g/mol. The molecule has 0 rings (SSSR count). The van der Waals surface area contributed by atoms with E-state index in [1.165, 1.54) is 0 Å². The van der Waals surface area contributed by atoms with Crippen molar-refractivity contribution in [3.63, 3.8) is 0 Å². The second-order valence-corrected chi connectivity index (χ2v) is 3.24. The number of thiocarbonyl (C=S) groups is 1. The smallest absolute Gasteiger partial charge is 0.595 e. The molecule has 0 aliphatic rings. The summed E-state index contributed by atoms with van der Waals surface area (Å²) in [5, 5.41) is 3.60. The molecular formula is C4H8N3NaO2PS+. The van der Waals surface area contributed by atoms with E-state index in [0.29, 0.717) is 5.71 Å². The minimum Gasteiger partial charge on any atom is -0.595 e. The van der Waals surface area contributed by atoms with E-state index in [4.69, 9.17) is 5.73 Å². The summed E-state index contributed by atoms with van der Waals surface area (Å²) >= 11 is 4.44. The van der Waals surface area contributed by atoms with E-state index in [1.807, 2.05) is 0 Å². The number of nitrogens with one attached hydrogen (secondary N) is 1. The van der Waals surface area contributed by atoms with Gasteiger partial charge in [-0.3, -0.25) is 5.43 Å². The van der Waals surface area contributed by atoms with Gasteiger partial charge >= 0.3 is 37.6 Å². The molecule has 1 unspecified atom stereocenters. The topological polar surface area (TPSA) is 90.5 Å². The van der Waals surface area contributed by atoms with Gasteiger partial charge in [-0.1, -0.05) is 4.57 Å². The number of rotatable bonds is 3. The third-order valence-electron chi connectivity index (χ3n) is 0.715. The molecule has 0 spiro atoms. The van der Waals surface area contributed by atoms with Crippen LogP contribution in [0.5, 0.6) is 0 Å². The molecule has 0 aliphatic heterocycles. The van der Waals surface area contributed by atoms with Gasteiger partial charge in [-0.05, 0) is 19.1 Å². The largest absolute Gasteiger partial charge is 1.00 e. The monoisotopic (exact) mass is 216 g/mol. The van der Waals surface area contributed by atoms with Crippen molar-refractivity contribution >= 4 is 31.1 Å². The first-order valence-corrected chi connectivity index (χ1v) is 4.50. The van der Waals surface area contributed by atoms with Crippen molar-refractivity contribution in [3.05, 3.63) is 0 Å². The average Bonchev–Trinajstić information content (AvgIpc) is 1.82. The van der Waals surface area contributed by atoms with Gasteiger partial charge in [-0.15, -0.1) is 0 Å². The molecule has 0 amide bonds. The Labute approximate surface area is 98.9 Å². The zero-order valence-corrected chi connectivity index (χ0v) is 10.6. The molecule has 0 radical (unpaired) electrons. The van der Waals surface area contributed by atoms with Gasteiger partial charge < -0.3 is 10.6 Å². The van der Waals surface area contributed by atoms with Gasteiger partial charge in [-0.2, -0.15) is 5.10 Å². The molecule has 3 N–H and O–H groups in total. The summed E-state index contributed by atoms with van der Waals surface area (Å²) in [6, 6.07) is 0. The van der Waals surface area contributed by atoms with Crippen LogP contribution in [-0.4, -0.2) is 17.0 Å². The van der Waals surface area contributed by atoms with E-state index in [1.54, 1.807) is 6.92 Å². The summed E-state index contributed by atoms with van der Waals surface area (Å²) in [5.41, 5.74) is 7.74. The summed E-state index contributed by atoms with van der Waals surface area (Å²) in [7, 11) is -2.43. The Balaban J connectivity index is 0. The van der Waals surface area contributed by atoms with Crippen LogP contribution in [0.3, 0.4) is 0 Å². The Morgan fingerprint density at radius 1 is 1.83 bits per heavy atom. The minimum absolute atomic E-state index is 0. The van der Waals surface area contributed by atoms with Gasteiger partial charge in [0.15, 0.2) is 11.3 Å². The number of hydrogen-bond acceptors (Lipinski definition) is 4. The molecule has 0 aromatic rings. The van der Waals surface area contributed by atoms with E-state index in [-0.39, 0.29) is 40.8 Å². The first kappa shape index (κ1) is 14.9. The van der Waals surface area contributed by atoms with Crippen molar-refractivity contribution < 1.29 is 39.0 Å². The van der Waals surface area contributed by atoms with Crippen LogP contribution in [0.4, 0.5) is 0 Å². The summed E-state index contributed by atoms with van der Waals surface area (Å²) < 4.78 is 10.1. The third-order valence-corrected chi connectivity index (χ3v) is 1.52. The second-order valence-electron chi connectivity index (χ2n) is 1.81. The van der Waals surface area contributed by atoms with Crippen LogP contribution in [-0.2, 0) is 4.57 Å². The number of nitrogens with zero attached hydrogens (tertiary/aromatic N) is 1. The van der Waals surface area contributed by atoms with Gasteiger partial charge in [0.2, 0.25) is 0 Å². The van der Waals surface area contributed by atoms with Gasteiger partial charge in [0.1, 0.15) is 0 Å². The van der Waals surface area contributed by atoms with Crippen LogP contribution in [0.2, 0.25) is 0 Å². The molecule has 1 atom stereocenters. The molecule has 0 saturated carbocycles. The van der Waals surface area contributed by atoms with E-state index >= 15 is 0 Å². The maximum atomic E-state index is 10.1. The number of hydrazone groups is 1. The zero-order chi connectivity index (χ0) is 8.85. The predicted molar refractivity (Wildman–Crippen MR) is 45.5 cm³/mol. The van der Waals surface area contributed by atoms with Crippen molar-refractivity contribution in [2.24, 2.45) is 10.8 Å². The number of nitrogens with two attached hydrogens (primary N) is 1. The molecule has 5 nitrogen and oxygen atoms in total. The molecular weight excluding hydrogens is 208 g/mol.